The van der Waals surface area contributed by atoms with Crippen LogP contribution in [0.25, 0.3) is 11.0 Å². The zero-order chi connectivity index (χ0) is 16.0. The minimum Gasteiger partial charge on any atom is -0.326 e. The number of aromatic amines is 1. The minimum atomic E-state index is -0.763. The quantitative estimate of drug-likeness (QED) is 0.644. The van der Waals surface area contributed by atoms with E-state index in [1.54, 1.807) is 0 Å². The van der Waals surface area contributed by atoms with Crippen molar-refractivity contribution < 1.29 is 9.59 Å². The van der Waals surface area contributed by atoms with Gasteiger partial charge in [-0.25, -0.2) is 19.6 Å². The van der Waals surface area contributed by atoms with Gasteiger partial charge < -0.3 is 4.90 Å². The van der Waals surface area contributed by atoms with Crippen LogP contribution in [-0.2, 0) is 11.8 Å². The molecule has 1 atom stereocenters. The zero-order valence-corrected chi connectivity index (χ0v) is 11.8. The fourth-order valence-corrected chi connectivity index (χ4v) is 2.24. The third-order valence-electron chi connectivity index (χ3n) is 3.54. The Morgan fingerprint density at radius 1 is 1.23 bits per heavy atom. The molecule has 0 spiro atoms. The van der Waals surface area contributed by atoms with Crippen molar-refractivity contribution >= 4 is 23.0 Å². The van der Waals surface area contributed by atoms with E-state index in [1.165, 1.54) is 25.2 Å². The molecule has 10 nitrogen and oxygen atoms in total. The molecular weight excluding hydrogens is 292 g/mol. The summed E-state index contributed by atoms with van der Waals surface area (Å²) >= 11 is 0. The van der Waals surface area contributed by atoms with E-state index in [4.69, 9.17) is 0 Å². The number of H-pyrrole nitrogens is 1. The van der Waals surface area contributed by atoms with Crippen LogP contribution in [-0.4, -0.2) is 49.9 Å². The third-order valence-corrected chi connectivity index (χ3v) is 3.54. The van der Waals surface area contributed by atoms with Gasteiger partial charge in [0.25, 0.3) is 5.56 Å². The second kappa shape index (κ2) is 4.76. The molecule has 3 heterocycles. The van der Waals surface area contributed by atoms with Gasteiger partial charge in [0.15, 0.2) is 5.65 Å². The maximum atomic E-state index is 11.9. The molecule has 3 rings (SSSR count). The topological polar surface area (TPSA) is 130 Å². The minimum absolute atomic E-state index is 0.118. The molecule has 10 heteroatoms. The highest BCUT2D eigenvalue weighted by Crippen LogP contribution is 2.17. The van der Waals surface area contributed by atoms with Crippen molar-refractivity contribution in [2.75, 3.05) is 13.6 Å². The van der Waals surface area contributed by atoms with Crippen LogP contribution in [0.5, 0.6) is 0 Å². The van der Waals surface area contributed by atoms with Crippen molar-refractivity contribution in [3.8, 4) is 0 Å². The van der Waals surface area contributed by atoms with Gasteiger partial charge in [0.05, 0.1) is 0 Å². The highest BCUT2D eigenvalue weighted by Gasteiger charge is 2.33. The number of nitrogens with zero attached hydrogens (tertiary/aromatic N) is 4. The lowest BCUT2D eigenvalue weighted by molar-refractivity contribution is -0.123. The Balaban J connectivity index is 2.15. The lowest BCUT2D eigenvalue weighted by atomic mass is 10.1. The first kappa shape index (κ1) is 13.9. The number of likely N-dealkylation sites (N-methyl/N-ethyl adjacent to an activating group) is 1. The van der Waals surface area contributed by atoms with Crippen molar-refractivity contribution in [3.63, 3.8) is 0 Å². The Hall–Kier alpha value is -3.04. The zero-order valence-electron chi connectivity index (χ0n) is 11.8. The molecule has 1 unspecified atom stereocenters. The second-order valence-electron chi connectivity index (χ2n) is 5.01. The molecule has 2 N–H and O–H groups in total. The van der Waals surface area contributed by atoms with Gasteiger partial charge in [0.1, 0.15) is 17.1 Å². The van der Waals surface area contributed by atoms with Gasteiger partial charge in [0, 0.05) is 26.8 Å². The summed E-state index contributed by atoms with van der Waals surface area (Å²) in [7, 11) is 2.99. The number of carbonyl (C=O) groups is 2. The molecule has 114 valence electrons. The van der Waals surface area contributed by atoms with Crippen LogP contribution >= 0.6 is 0 Å². The molecule has 0 bridgehead atoms. The normalized spacial score (nSPS) is 18.6. The van der Waals surface area contributed by atoms with Crippen LogP contribution in [0.4, 0.5) is 4.79 Å². The fourth-order valence-electron chi connectivity index (χ4n) is 2.24. The Kier molecular flexibility index (Phi) is 3.01. The predicted octanol–water partition coefficient (Wildman–Crippen LogP) is -1.72. The average Bonchev–Trinajstić information content (AvgIpc) is 2.48. The molecule has 22 heavy (non-hydrogen) atoms. The second-order valence-corrected chi connectivity index (χ2v) is 5.01. The van der Waals surface area contributed by atoms with Crippen LogP contribution in [0.15, 0.2) is 15.8 Å². The van der Waals surface area contributed by atoms with E-state index in [1.807, 2.05) is 0 Å². The van der Waals surface area contributed by atoms with Gasteiger partial charge in [-0.3, -0.25) is 24.5 Å². The van der Waals surface area contributed by atoms with Crippen molar-refractivity contribution in [3.05, 3.63) is 32.9 Å². The number of aryl methyl sites for hydroxylation is 1. The molecule has 0 radical (unpaired) electrons. The molecule has 0 aliphatic carbocycles. The van der Waals surface area contributed by atoms with Gasteiger partial charge in [-0.1, -0.05) is 0 Å². The molecule has 1 fully saturated rings. The fraction of sp³-hybridized carbons (Fsp3) is 0.333. The molecule has 0 aromatic carbocycles. The van der Waals surface area contributed by atoms with E-state index >= 15 is 0 Å². The number of rotatable bonds is 1. The number of aromatic nitrogens is 4. The van der Waals surface area contributed by atoms with Gasteiger partial charge >= 0.3 is 11.7 Å². The van der Waals surface area contributed by atoms with Crippen LogP contribution in [0, 0.1) is 0 Å². The maximum Gasteiger partial charge on any atom is 0.329 e. The van der Waals surface area contributed by atoms with Crippen LogP contribution < -0.4 is 16.6 Å². The largest absolute Gasteiger partial charge is 0.329 e. The maximum absolute atomic E-state index is 11.9. The standard InChI is InChI=1S/C12H12N6O4/c1-17-4-6(10(20)15-11(17)21)7-13-3-5-8(14-7)18(2)12(22)16-9(5)19/h3,6H,4H2,1-2H3,(H,15,20,21)(H,16,19,22). The summed E-state index contributed by atoms with van der Waals surface area (Å²) in [6.07, 6.45) is 1.26. The molecule has 1 aliphatic heterocycles. The van der Waals surface area contributed by atoms with Gasteiger partial charge in [0.2, 0.25) is 5.91 Å². The summed E-state index contributed by atoms with van der Waals surface area (Å²) in [5.74, 6) is -1.14. The van der Waals surface area contributed by atoms with Crippen LogP contribution in [0.1, 0.15) is 11.7 Å². The van der Waals surface area contributed by atoms with Crippen molar-refractivity contribution in [2.24, 2.45) is 7.05 Å². The summed E-state index contributed by atoms with van der Waals surface area (Å²) in [5.41, 5.74) is -1.07. The first-order valence-corrected chi connectivity index (χ1v) is 6.40. The summed E-state index contributed by atoms with van der Waals surface area (Å²) in [5, 5.41) is 2.34. The van der Waals surface area contributed by atoms with Crippen molar-refractivity contribution in [1.29, 1.82) is 0 Å². The van der Waals surface area contributed by atoms with E-state index in [0.717, 1.165) is 4.57 Å². The number of urea groups is 1. The molecule has 1 saturated heterocycles. The first-order chi connectivity index (χ1) is 10.4. The number of amides is 3. The van der Waals surface area contributed by atoms with Crippen molar-refractivity contribution in [1.82, 2.24) is 29.7 Å². The number of fused-ring (bicyclic) bond motifs is 1. The summed E-state index contributed by atoms with van der Waals surface area (Å²) in [4.78, 5) is 58.3. The Morgan fingerprint density at radius 2 is 1.95 bits per heavy atom. The van der Waals surface area contributed by atoms with Gasteiger partial charge in [-0.05, 0) is 0 Å². The summed E-state index contributed by atoms with van der Waals surface area (Å²) in [6.45, 7) is 0.118. The van der Waals surface area contributed by atoms with E-state index in [2.05, 4.69) is 20.3 Å². The number of nitrogens with one attached hydrogen (secondary N) is 2. The van der Waals surface area contributed by atoms with Gasteiger partial charge in [-0.15, -0.1) is 0 Å². The molecule has 2 aromatic rings. The number of hydrogen-bond donors (Lipinski definition) is 2. The Bertz CT molecular complexity index is 914. The lowest BCUT2D eigenvalue weighted by Crippen LogP contribution is -2.52. The molecule has 2 aromatic heterocycles. The molecular formula is C12H12N6O4. The van der Waals surface area contributed by atoms with E-state index < -0.39 is 29.1 Å². The molecule has 3 amide bonds. The van der Waals surface area contributed by atoms with E-state index in [0.29, 0.717) is 0 Å². The molecule has 0 saturated carbocycles. The Labute approximate surface area is 122 Å². The highest BCUT2D eigenvalue weighted by atomic mass is 16.2. The number of hydrogen-bond acceptors (Lipinski definition) is 6. The SMILES string of the molecule is CN1CC(c2ncc3c(=O)[nH]c(=O)n(C)c3n2)C(=O)NC1=O. The monoisotopic (exact) mass is 304 g/mol. The summed E-state index contributed by atoms with van der Waals surface area (Å²) < 4.78 is 1.16. The first-order valence-electron chi connectivity index (χ1n) is 6.40. The number of carbonyl (C=O) groups excluding carboxylic acids is 2. The Morgan fingerprint density at radius 3 is 2.68 bits per heavy atom. The average molecular weight is 304 g/mol. The van der Waals surface area contributed by atoms with Crippen LogP contribution in [0.2, 0.25) is 0 Å². The van der Waals surface area contributed by atoms with Crippen molar-refractivity contribution in [2.45, 2.75) is 5.92 Å². The lowest BCUT2D eigenvalue weighted by Gasteiger charge is -2.28. The van der Waals surface area contributed by atoms with E-state index in [9.17, 15) is 19.2 Å². The highest BCUT2D eigenvalue weighted by molar-refractivity contribution is 6.00. The third kappa shape index (κ3) is 2.05. The van der Waals surface area contributed by atoms with E-state index in [-0.39, 0.29) is 23.4 Å². The van der Waals surface area contributed by atoms with Gasteiger partial charge in [-0.2, -0.15) is 0 Å². The number of imide groups is 1. The smallest absolute Gasteiger partial charge is 0.326 e. The van der Waals surface area contributed by atoms with Crippen LogP contribution in [0.3, 0.4) is 0 Å². The summed E-state index contributed by atoms with van der Waals surface area (Å²) in [6, 6.07) is -0.495. The predicted molar refractivity (Wildman–Crippen MR) is 74.3 cm³/mol. The molecule has 1 aliphatic rings.